The minimum atomic E-state index is -3.21. The SMILES string of the molecule is CC(=O)Nc1cc2c(-c3cc(Cl)nc(C(C)(F)F)n3)c[nH]c2cn1. The van der Waals surface area contributed by atoms with Crippen LogP contribution in [0.15, 0.2) is 24.5 Å². The largest absolute Gasteiger partial charge is 0.359 e. The van der Waals surface area contributed by atoms with Gasteiger partial charge in [-0.2, -0.15) is 8.78 Å². The zero-order valence-corrected chi connectivity index (χ0v) is 13.4. The van der Waals surface area contributed by atoms with Crippen molar-refractivity contribution in [1.82, 2.24) is 19.9 Å². The normalized spacial score (nSPS) is 11.7. The molecule has 0 spiro atoms. The summed E-state index contributed by atoms with van der Waals surface area (Å²) >= 11 is 5.86. The summed E-state index contributed by atoms with van der Waals surface area (Å²) in [6.45, 7) is 2.07. The summed E-state index contributed by atoms with van der Waals surface area (Å²) in [6.07, 6.45) is 3.14. The molecule has 0 fully saturated rings. The molecule has 24 heavy (non-hydrogen) atoms. The van der Waals surface area contributed by atoms with Crippen molar-refractivity contribution in [3.8, 4) is 11.3 Å². The first-order chi connectivity index (χ1) is 11.2. The number of hydrogen-bond acceptors (Lipinski definition) is 4. The molecule has 3 aromatic rings. The lowest BCUT2D eigenvalue weighted by atomic mass is 10.1. The fourth-order valence-corrected chi connectivity index (χ4v) is 2.42. The average Bonchev–Trinajstić information content (AvgIpc) is 2.88. The van der Waals surface area contributed by atoms with Crippen LogP contribution in [0.1, 0.15) is 19.7 Å². The van der Waals surface area contributed by atoms with Gasteiger partial charge in [-0.1, -0.05) is 11.6 Å². The van der Waals surface area contributed by atoms with E-state index in [-0.39, 0.29) is 16.8 Å². The van der Waals surface area contributed by atoms with E-state index in [4.69, 9.17) is 11.6 Å². The summed E-state index contributed by atoms with van der Waals surface area (Å²) < 4.78 is 27.1. The quantitative estimate of drug-likeness (QED) is 0.704. The summed E-state index contributed by atoms with van der Waals surface area (Å²) in [5.74, 6) is -3.79. The fraction of sp³-hybridized carbons (Fsp3) is 0.200. The van der Waals surface area contributed by atoms with E-state index in [0.717, 1.165) is 0 Å². The van der Waals surface area contributed by atoms with Crippen molar-refractivity contribution in [2.24, 2.45) is 0 Å². The second-order valence-electron chi connectivity index (χ2n) is 5.29. The lowest BCUT2D eigenvalue weighted by Crippen LogP contribution is -2.13. The first kappa shape index (κ1) is 16.3. The van der Waals surface area contributed by atoms with Crippen LogP contribution in [-0.4, -0.2) is 25.8 Å². The molecule has 3 rings (SSSR count). The number of carbonyl (C=O) groups excluding carboxylic acids is 1. The lowest BCUT2D eigenvalue weighted by Gasteiger charge is -2.10. The van der Waals surface area contributed by atoms with Crippen LogP contribution in [0.2, 0.25) is 5.15 Å². The minimum Gasteiger partial charge on any atom is -0.359 e. The number of alkyl halides is 2. The maximum Gasteiger partial charge on any atom is 0.303 e. The van der Waals surface area contributed by atoms with Crippen LogP contribution in [0.5, 0.6) is 0 Å². The number of H-pyrrole nitrogens is 1. The molecule has 0 radical (unpaired) electrons. The summed E-state index contributed by atoms with van der Waals surface area (Å²) in [5.41, 5.74) is 1.46. The van der Waals surface area contributed by atoms with Crippen LogP contribution in [0.25, 0.3) is 22.2 Å². The molecule has 0 unspecified atom stereocenters. The van der Waals surface area contributed by atoms with E-state index in [0.29, 0.717) is 29.2 Å². The van der Waals surface area contributed by atoms with Crippen molar-refractivity contribution < 1.29 is 13.6 Å². The van der Waals surface area contributed by atoms with E-state index < -0.39 is 11.7 Å². The zero-order chi connectivity index (χ0) is 17.5. The Balaban J connectivity index is 2.15. The third-order valence-electron chi connectivity index (χ3n) is 3.23. The number of nitrogens with one attached hydrogen (secondary N) is 2. The molecular formula is C15H12ClF2N5O. The number of rotatable bonds is 3. The van der Waals surface area contributed by atoms with Gasteiger partial charge in [0.2, 0.25) is 11.7 Å². The predicted octanol–water partition coefficient (Wildman–Crippen LogP) is 3.74. The van der Waals surface area contributed by atoms with E-state index in [9.17, 15) is 13.6 Å². The first-order valence-electron chi connectivity index (χ1n) is 6.92. The second kappa shape index (κ2) is 5.79. The highest BCUT2D eigenvalue weighted by Crippen LogP contribution is 2.32. The Hall–Kier alpha value is -2.61. The summed E-state index contributed by atoms with van der Waals surface area (Å²) in [6, 6.07) is 3.03. The molecule has 0 saturated carbocycles. The van der Waals surface area contributed by atoms with Gasteiger partial charge in [0.15, 0.2) is 0 Å². The smallest absolute Gasteiger partial charge is 0.303 e. The average molecular weight is 352 g/mol. The molecule has 2 N–H and O–H groups in total. The fourth-order valence-electron chi connectivity index (χ4n) is 2.23. The van der Waals surface area contributed by atoms with Crippen molar-refractivity contribution in [3.63, 3.8) is 0 Å². The molecule has 1 amide bonds. The van der Waals surface area contributed by atoms with Crippen molar-refractivity contribution >= 4 is 34.2 Å². The number of nitrogens with zero attached hydrogens (tertiary/aromatic N) is 3. The number of anilines is 1. The summed E-state index contributed by atoms with van der Waals surface area (Å²) in [4.78, 5) is 25.7. The molecule has 6 nitrogen and oxygen atoms in total. The van der Waals surface area contributed by atoms with Gasteiger partial charge in [0.05, 0.1) is 17.4 Å². The molecule has 3 heterocycles. The van der Waals surface area contributed by atoms with Crippen molar-refractivity contribution in [2.75, 3.05) is 5.32 Å². The van der Waals surface area contributed by atoms with E-state index in [1.165, 1.54) is 19.2 Å². The molecule has 3 aromatic heterocycles. The number of halogens is 3. The Kier molecular flexibility index (Phi) is 3.92. The number of fused-ring (bicyclic) bond motifs is 1. The van der Waals surface area contributed by atoms with Crippen LogP contribution >= 0.6 is 11.6 Å². The van der Waals surface area contributed by atoms with E-state index >= 15 is 0 Å². The van der Waals surface area contributed by atoms with Crippen LogP contribution in [0, 0.1) is 0 Å². The molecule has 0 aromatic carbocycles. The summed E-state index contributed by atoms with van der Waals surface area (Å²) in [5, 5.41) is 3.15. The standard InChI is InChI=1S/C15H12ClF2N5O/c1-7(24)21-13-3-8-9(5-19-11(8)6-20-13)10-4-12(16)23-14(22-10)15(2,17)18/h3-6,19H,1-2H3,(H,20,21,24). The number of aromatic nitrogens is 4. The molecule has 0 aliphatic heterocycles. The predicted molar refractivity (Wildman–Crippen MR) is 86.0 cm³/mol. The lowest BCUT2D eigenvalue weighted by molar-refractivity contribution is -0.114. The van der Waals surface area contributed by atoms with Gasteiger partial charge in [0.25, 0.3) is 0 Å². The molecular weight excluding hydrogens is 340 g/mol. The van der Waals surface area contributed by atoms with Crippen molar-refractivity contribution in [2.45, 2.75) is 19.8 Å². The maximum absolute atomic E-state index is 13.5. The summed E-state index contributed by atoms with van der Waals surface area (Å²) in [7, 11) is 0. The monoisotopic (exact) mass is 351 g/mol. The van der Waals surface area contributed by atoms with Gasteiger partial charge >= 0.3 is 5.92 Å². The molecule has 0 bridgehead atoms. The van der Waals surface area contributed by atoms with Crippen molar-refractivity contribution in [3.05, 3.63) is 35.5 Å². The molecule has 0 atom stereocenters. The Morgan fingerprint density at radius 3 is 2.75 bits per heavy atom. The number of hydrogen-bond donors (Lipinski definition) is 2. The number of carbonyl (C=O) groups is 1. The molecule has 9 heteroatoms. The van der Waals surface area contributed by atoms with Gasteiger partial charge in [-0.05, 0) is 6.07 Å². The Morgan fingerprint density at radius 1 is 1.33 bits per heavy atom. The zero-order valence-electron chi connectivity index (χ0n) is 12.7. The molecule has 0 saturated heterocycles. The van der Waals surface area contributed by atoms with E-state index in [2.05, 4.69) is 25.3 Å². The van der Waals surface area contributed by atoms with Crippen LogP contribution in [-0.2, 0) is 10.7 Å². The maximum atomic E-state index is 13.5. The number of aromatic amines is 1. The molecule has 0 aliphatic carbocycles. The van der Waals surface area contributed by atoms with Crippen LogP contribution in [0.3, 0.4) is 0 Å². The van der Waals surface area contributed by atoms with Gasteiger partial charge < -0.3 is 10.3 Å². The van der Waals surface area contributed by atoms with Crippen molar-refractivity contribution in [1.29, 1.82) is 0 Å². The van der Waals surface area contributed by atoms with Crippen LogP contribution in [0.4, 0.5) is 14.6 Å². The minimum absolute atomic E-state index is 0.0815. The van der Waals surface area contributed by atoms with E-state index in [1.807, 2.05) is 0 Å². The highest BCUT2D eigenvalue weighted by Gasteiger charge is 2.29. The van der Waals surface area contributed by atoms with Gasteiger partial charge in [-0.25, -0.2) is 15.0 Å². The first-order valence-corrected chi connectivity index (χ1v) is 7.30. The number of pyridine rings is 1. The second-order valence-corrected chi connectivity index (χ2v) is 5.67. The third kappa shape index (κ3) is 3.18. The van der Waals surface area contributed by atoms with Crippen LogP contribution < -0.4 is 5.32 Å². The van der Waals surface area contributed by atoms with Gasteiger partial charge in [-0.15, -0.1) is 0 Å². The highest BCUT2D eigenvalue weighted by molar-refractivity contribution is 6.29. The Morgan fingerprint density at radius 2 is 2.08 bits per heavy atom. The van der Waals surface area contributed by atoms with Gasteiger partial charge in [0.1, 0.15) is 11.0 Å². The third-order valence-corrected chi connectivity index (χ3v) is 3.43. The molecule has 0 aliphatic rings. The molecule has 124 valence electrons. The van der Waals surface area contributed by atoms with Gasteiger partial charge in [-0.3, -0.25) is 4.79 Å². The Labute approximate surface area is 140 Å². The Bertz CT molecular complexity index is 935. The highest BCUT2D eigenvalue weighted by atomic mass is 35.5. The topological polar surface area (TPSA) is 83.6 Å². The number of amides is 1. The van der Waals surface area contributed by atoms with Gasteiger partial charge in [0, 0.05) is 37.1 Å². The van der Waals surface area contributed by atoms with E-state index in [1.54, 1.807) is 12.3 Å².